The summed E-state index contributed by atoms with van der Waals surface area (Å²) in [5, 5.41) is 0. The molecule has 0 N–H and O–H groups in total. The molecule has 0 saturated carbocycles. The van der Waals surface area contributed by atoms with Crippen molar-refractivity contribution in [2.24, 2.45) is 0 Å². The Morgan fingerprint density at radius 3 is 2.70 bits per heavy atom. The molecule has 0 spiro atoms. The number of hydrogen-bond donors (Lipinski definition) is 0. The Hall–Kier alpha value is -0.300. The van der Waals surface area contributed by atoms with E-state index in [9.17, 15) is 4.79 Å². The molecule has 0 aliphatic carbocycles. The average Bonchev–Trinajstić information content (AvgIpc) is 2.13. The molecule has 0 fully saturated rings. The lowest BCUT2D eigenvalue weighted by atomic mass is 10.4. The summed E-state index contributed by atoms with van der Waals surface area (Å²) < 4.78 is 13.9. The Morgan fingerprint density at radius 1 is 1.60 bits per heavy atom. The average molecular weight is 257 g/mol. The summed E-state index contributed by atoms with van der Waals surface area (Å²) in [6.45, 7) is 1.93. The Morgan fingerprint density at radius 2 is 2.30 bits per heavy atom. The molecule has 1 aromatic rings. The molecule has 1 aromatic heterocycles. The third-order valence-corrected chi connectivity index (χ3v) is 1.36. The molecule has 56 valence electrons. The molecule has 0 unspecified atom stereocenters. The zero-order valence-corrected chi connectivity index (χ0v) is 7.58. The van der Waals surface area contributed by atoms with Gasteiger partial charge < -0.3 is 8.83 Å². The van der Waals surface area contributed by atoms with Crippen molar-refractivity contribution in [1.82, 2.24) is 0 Å². The lowest BCUT2D eigenvalue weighted by molar-refractivity contribution is -0.696. The van der Waals surface area contributed by atoms with Gasteiger partial charge in [-0.1, -0.05) is 0 Å². The van der Waals surface area contributed by atoms with Gasteiger partial charge in [-0.2, -0.15) is 0 Å². The first-order chi connectivity index (χ1) is 4.74. The van der Waals surface area contributed by atoms with E-state index in [2.05, 4.69) is 8.83 Å². The van der Waals surface area contributed by atoms with E-state index in [1.807, 2.05) is 0 Å². The second-order valence-corrected chi connectivity index (χ2v) is 2.37. The summed E-state index contributed by atoms with van der Waals surface area (Å²) >= 11 is 1.46. The first-order valence-corrected chi connectivity index (χ1v) is 3.53. The van der Waals surface area contributed by atoms with Crippen molar-refractivity contribution in [3.05, 3.63) is 22.1 Å². The maximum Gasteiger partial charge on any atom is 0.519 e. The zero-order valence-electron chi connectivity index (χ0n) is 5.25. The van der Waals surface area contributed by atoms with E-state index in [1.54, 1.807) is 6.92 Å². The molecule has 0 aromatic carbocycles. The van der Waals surface area contributed by atoms with Crippen molar-refractivity contribution in [3.63, 3.8) is 0 Å². The van der Waals surface area contributed by atoms with Crippen molar-refractivity contribution in [3.8, 4) is 0 Å². The van der Waals surface area contributed by atoms with E-state index in [0.717, 1.165) is 0 Å². The van der Waals surface area contributed by atoms with Crippen LogP contribution in [0.2, 0.25) is 0 Å². The van der Waals surface area contributed by atoms with Crippen LogP contribution in [0.5, 0.6) is 0 Å². The second-order valence-electron chi connectivity index (χ2n) is 1.70. The Kier molecular flexibility index (Phi) is 2.50. The molecule has 0 aliphatic heterocycles. The molecule has 0 aliphatic rings. The Balaban J connectivity index is 2.92. The Bertz CT molecular complexity index is 261. The third kappa shape index (κ3) is 1.60. The van der Waals surface area contributed by atoms with E-state index in [0.29, 0.717) is 11.5 Å². The van der Waals surface area contributed by atoms with E-state index >= 15 is 0 Å². The number of aryl methyl sites for hydroxylation is 1. The monoisotopic (exact) mass is 257 g/mol. The predicted molar refractivity (Wildman–Crippen MR) is 28.2 cm³/mol. The van der Waals surface area contributed by atoms with E-state index in [-0.39, 0.29) is 6.61 Å². The van der Waals surface area contributed by atoms with Crippen LogP contribution in [0, 0.1) is 6.92 Å². The highest BCUT2D eigenvalue weighted by atomic mass is 127. The van der Waals surface area contributed by atoms with Crippen LogP contribution in [-0.2, 0) is 9.67 Å². The van der Waals surface area contributed by atoms with Crippen LogP contribution in [-0.4, -0.2) is 0 Å². The molecule has 0 amide bonds. The van der Waals surface area contributed by atoms with Gasteiger partial charge in [0.2, 0.25) is 0 Å². The fraction of sp³-hybridized carbons (Fsp3) is 0.400. The number of hydrogen-bond acceptors (Lipinski definition) is 4. The molecule has 5 heteroatoms. The van der Waals surface area contributed by atoms with Crippen LogP contribution in [0.1, 0.15) is 11.5 Å². The summed E-state index contributed by atoms with van der Waals surface area (Å²) in [6.07, 6.45) is 0. The van der Waals surface area contributed by atoms with Crippen LogP contribution >= 0.6 is 0 Å². The molecule has 4 nitrogen and oxygen atoms in total. The minimum atomic E-state index is -0.675. The summed E-state index contributed by atoms with van der Waals surface area (Å²) in [6, 6.07) is 0. The standard InChI is InChI=1S/C5H6IO4/c1-3-4(2-8-6)10-5(7)9-3/h6H,2H2,1H3/q+1. The normalized spacial score (nSPS) is 10.2. The van der Waals surface area contributed by atoms with Crippen LogP contribution in [0.25, 0.3) is 0 Å². The van der Waals surface area contributed by atoms with Crippen molar-refractivity contribution in [2.45, 2.75) is 13.5 Å². The molecular weight excluding hydrogens is 251 g/mol. The second kappa shape index (κ2) is 3.20. The summed E-state index contributed by atoms with van der Waals surface area (Å²) in [4.78, 5) is 10.4. The van der Waals surface area contributed by atoms with Gasteiger partial charge >= 0.3 is 28.8 Å². The summed E-state index contributed by atoms with van der Waals surface area (Å²) in [5.74, 6) is 0.259. The highest BCUT2D eigenvalue weighted by Crippen LogP contribution is 2.03. The van der Waals surface area contributed by atoms with E-state index < -0.39 is 5.82 Å². The van der Waals surface area contributed by atoms with Crippen molar-refractivity contribution in [2.75, 3.05) is 0 Å². The zero-order chi connectivity index (χ0) is 7.56. The van der Waals surface area contributed by atoms with Crippen LogP contribution in [0.15, 0.2) is 13.6 Å². The quantitative estimate of drug-likeness (QED) is 0.539. The third-order valence-electron chi connectivity index (χ3n) is 1.03. The molecule has 0 radical (unpaired) electrons. The van der Waals surface area contributed by atoms with E-state index in [4.69, 9.17) is 3.07 Å². The topological polar surface area (TPSA) is 52.6 Å². The largest absolute Gasteiger partial charge is 0.519 e. The van der Waals surface area contributed by atoms with Crippen molar-refractivity contribution >= 4 is 0 Å². The SMILES string of the molecule is Cc1oc(=O)oc1CO[IH+]. The molecule has 10 heavy (non-hydrogen) atoms. The highest BCUT2D eigenvalue weighted by molar-refractivity contribution is 4.97. The highest BCUT2D eigenvalue weighted by Gasteiger charge is 2.08. The van der Waals surface area contributed by atoms with Gasteiger partial charge in [0.15, 0.2) is 12.4 Å². The predicted octanol–water partition coefficient (Wildman–Crippen LogP) is -2.74. The van der Waals surface area contributed by atoms with Crippen molar-refractivity contribution < 1.29 is 34.9 Å². The lowest BCUT2D eigenvalue weighted by Gasteiger charge is -1.82. The minimum Gasteiger partial charge on any atom is -0.396 e. The molecule has 0 saturated heterocycles. The van der Waals surface area contributed by atoms with Gasteiger partial charge in [-0.15, -0.1) is 3.07 Å². The van der Waals surface area contributed by atoms with Gasteiger partial charge in [0.25, 0.3) is 0 Å². The Labute approximate surface area is 70.8 Å². The fourth-order valence-electron chi connectivity index (χ4n) is 0.560. The molecule has 0 atom stereocenters. The maximum absolute atomic E-state index is 10.4. The van der Waals surface area contributed by atoms with Gasteiger partial charge in [-0.25, -0.2) is 4.79 Å². The summed E-state index contributed by atoms with van der Waals surface area (Å²) in [5.41, 5.74) is 0. The molecule has 1 rings (SSSR count). The molecular formula is C5H6IO4+. The van der Waals surface area contributed by atoms with Gasteiger partial charge in [-0.05, 0) is 6.92 Å². The van der Waals surface area contributed by atoms with Gasteiger partial charge in [0.05, 0.1) is 0 Å². The van der Waals surface area contributed by atoms with Crippen LogP contribution in [0.3, 0.4) is 0 Å². The van der Waals surface area contributed by atoms with Crippen LogP contribution in [0.4, 0.5) is 0 Å². The first-order valence-electron chi connectivity index (χ1n) is 2.58. The summed E-state index contributed by atoms with van der Waals surface area (Å²) in [7, 11) is 0. The van der Waals surface area contributed by atoms with E-state index in [1.165, 1.54) is 23.0 Å². The minimum absolute atomic E-state index is 0.280. The van der Waals surface area contributed by atoms with Crippen molar-refractivity contribution in [1.29, 1.82) is 0 Å². The van der Waals surface area contributed by atoms with Crippen LogP contribution < -0.4 is 28.8 Å². The molecule has 0 bridgehead atoms. The fourth-order valence-corrected chi connectivity index (χ4v) is 0.865. The van der Waals surface area contributed by atoms with Gasteiger partial charge in [0.1, 0.15) is 5.76 Å². The number of halogens is 1. The van der Waals surface area contributed by atoms with Gasteiger partial charge in [0, 0.05) is 0 Å². The first kappa shape index (κ1) is 7.80. The smallest absolute Gasteiger partial charge is 0.396 e. The molecule has 1 heterocycles. The maximum atomic E-state index is 10.4. The van der Waals surface area contributed by atoms with Gasteiger partial charge in [-0.3, -0.25) is 0 Å². The number of rotatable bonds is 2. The lowest BCUT2D eigenvalue weighted by Crippen LogP contribution is -3.34.